The fourth-order valence-corrected chi connectivity index (χ4v) is 3.35. The summed E-state index contributed by atoms with van der Waals surface area (Å²) in [5.74, 6) is -0.269. The van der Waals surface area contributed by atoms with Gasteiger partial charge in [0.15, 0.2) is 5.13 Å². The van der Waals surface area contributed by atoms with Crippen LogP contribution in [0.1, 0.15) is 19.8 Å². The van der Waals surface area contributed by atoms with Gasteiger partial charge in [0.25, 0.3) is 0 Å². The predicted octanol–water partition coefficient (Wildman–Crippen LogP) is 3.47. The lowest BCUT2D eigenvalue weighted by atomic mass is 10.3. The number of halogens is 1. The van der Waals surface area contributed by atoms with Gasteiger partial charge in [-0.15, -0.1) is 0 Å². The largest absolute Gasteiger partial charge is 0.286 e. The van der Waals surface area contributed by atoms with Gasteiger partial charge in [-0.25, -0.2) is 9.37 Å². The first-order valence-electron chi connectivity index (χ1n) is 7.51. The topological polar surface area (TPSA) is 51.0 Å². The van der Waals surface area contributed by atoms with Gasteiger partial charge in [0, 0.05) is 25.4 Å². The molecule has 3 aromatic rings. The predicted molar refractivity (Wildman–Crippen MR) is 89.1 cm³/mol. The number of hydrogen-bond acceptors (Lipinski definition) is 4. The molecular formula is C16H17FN4OS. The Morgan fingerprint density at radius 3 is 3.04 bits per heavy atom. The van der Waals surface area contributed by atoms with Crippen molar-refractivity contribution in [1.29, 1.82) is 0 Å². The Labute approximate surface area is 137 Å². The molecule has 0 aliphatic heterocycles. The van der Waals surface area contributed by atoms with Crippen LogP contribution >= 0.6 is 11.3 Å². The van der Waals surface area contributed by atoms with Gasteiger partial charge in [-0.05, 0) is 30.7 Å². The highest BCUT2D eigenvalue weighted by molar-refractivity contribution is 7.22. The second-order valence-corrected chi connectivity index (χ2v) is 6.18. The minimum absolute atomic E-state index is 0.0270. The maximum absolute atomic E-state index is 13.3. The van der Waals surface area contributed by atoms with Crippen LogP contribution in [0.5, 0.6) is 0 Å². The molecule has 120 valence electrons. The van der Waals surface area contributed by atoms with E-state index < -0.39 is 0 Å². The second kappa shape index (κ2) is 6.87. The van der Waals surface area contributed by atoms with Crippen molar-refractivity contribution >= 4 is 32.6 Å². The minimum Gasteiger partial charge on any atom is -0.286 e. The fraction of sp³-hybridized carbons (Fsp3) is 0.312. The highest BCUT2D eigenvalue weighted by Crippen LogP contribution is 2.29. The van der Waals surface area contributed by atoms with Crippen molar-refractivity contribution in [2.45, 2.75) is 26.3 Å². The average Bonchev–Trinajstić information content (AvgIpc) is 3.16. The van der Waals surface area contributed by atoms with E-state index in [0.29, 0.717) is 30.2 Å². The number of anilines is 1. The first kappa shape index (κ1) is 15.6. The maximum Gasteiger partial charge on any atom is 0.228 e. The number of carbonyl (C=O) groups is 1. The standard InChI is InChI=1S/C16H17FN4OS/c1-2-4-15(22)21(10-9-20-8-3-7-18-20)16-19-13-6-5-12(17)11-14(13)23-16/h3,5-8,11H,2,4,9-10H2,1H3. The van der Waals surface area contributed by atoms with Crippen LogP contribution in [-0.4, -0.2) is 27.2 Å². The van der Waals surface area contributed by atoms with Crippen LogP contribution in [0.3, 0.4) is 0 Å². The van der Waals surface area contributed by atoms with Crippen molar-refractivity contribution in [1.82, 2.24) is 14.8 Å². The van der Waals surface area contributed by atoms with Crippen molar-refractivity contribution in [3.05, 3.63) is 42.5 Å². The molecule has 0 aliphatic carbocycles. The minimum atomic E-state index is -0.296. The lowest BCUT2D eigenvalue weighted by Crippen LogP contribution is -2.33. The van der Waals surface area contributed by atoms with Crippen LogP contribution in [0.2, 0.25) is 0 Å². The second-order valence-electron chi connectivity index (χ2n) is 5.17. The van der Waals surface area contributed by atoms with E-state index in [9.17, 15) is 9.18 Å². The van der Waals surface area contributed by atoms with Gasteiger partial charge in [-0.3, -0.25) is 14.4 Å². The fourth-order valence-electron chi connectivity index (χ4n) is 2.31. The summed E-state index contributed by atoms with van der Waals surface area (Å²) in [6.45, 7) is 3.05. The summed E-state index contributed by atoms with van der Waals surface area (Å²) in [7, 11) is 0. The summed E-state index contributed by atoms with van der Waals surface area (Å²) in [4.78, 5) is 18.6. The van der Waals surface area contributed by atoms with Crippen molar-refractivity contribution in [3.8, 4) is 0 Å². The van der Waals surface area contributed by atoms with Crippen LogP contribution in [0, 0.1) is 5.82 Å². The molecule has 1 amide bonds. The lowest BCUT2D eigenvalue weighted by Gasteiger charge is -2.19. The SMILES string of the molecule is CCCC(=O)N(CCn1cccn1)c1nc2ccc(F)cc2s1. The van der Waals surface area contributed by atoms with Crippen molar-refractivity contribution < 1.29 is 9.18 Å². The van der Waals surface area contributed by atoms with Gasteiger partial charge >= 0.3 is 0 Å². The number of hydrogen-bond donors (Lipinski definition) is 0. The summed E-state index contributed by atoms with van der Waals surface area (Å²) in [5, 5.41) is 4.76. The van der Waals surface area contributed by atoms with Gasteiger partial charge in [-0.1, -0.05) is 18.3 Å². The van der Waals surface area contributed by atoms with E-state index in [1.165, 1.54) is 23.5 Å². The first-order valence-corrected chi connectivity index (χ1v) is 8.33. The van der Waals surface area contributed by atoms with Crippen molar-refractivity contribution in [3.63, 3.8) is 0 Å². The Hall–Kier alpha value is -2.28. The number of rotatable bonds is 6. The molecule has 0 fully saturated rings. The number of aromatic nitrogens is 3. The number of thiazole rings is 1. The zero-order chi connectivity index (χ0) is 16.2. The van der Waals surface area contributed by atoms with Gasteiger partial charge < -0.3 is 0 Å². The molecule has 0 saturated heterocycles. The zero-order valence-corrected chi connectivity index (χ0v) is 13.6. The molecule has 0 N–H and O–H groups in total. The molecule has 2 aromatic heterocycles. The van der Waals surface area contributed by atoms with Crippen molar-refractivity contribution in [2.75, 3.05) is 11.4 Å². The van der Waals surface area contributed by atoms with Gasteiger partial charge in [0.1, 0.15) is 5.82 Å². The molecule has 5 nitrogen and oxygen atoms in total. The summed E-state index contributed by atoms with van der Waals surface area (Å²) >= 11 is 1.34. The Balaban J connectivity index is 1.87. The van der Waals surface area contributed by atoms with E-state index in [4.69, 9.17) is 0 Å². The molecule has 1 aromatic carbocycles. The number of benzene rings is 1. The highest BCUT2D eigenvalue weighted by Gasteiger charge is 2.19. The Bertz CT molecular complexity index is 800. The number of fused-ring (bicyclic) bond motifs is 1. The molecule has 3 rings (SSSR count). The van der Waals surface area contributed by atoms with Crippen LogP contribution < -0.4 is 4.90 Å². The number of amides is 1. The van der Waals surface area contributed by atoms with E-state index in [1.54, 1.807) is 21.8 Å². The van der Waals surface area contributed by atoms with Crippen LogP contribution in [0.15, 0.2) is 36.7 Å². The molecule has 0 atom stereocenters. The molecule has 0 saturated carbocycles. The van der Waals surface area contributed by atoms with Crippen molar-refractivity contribution in [2.24, 2.45) is 0 Å². The molecule has 7 heteroatoms. The van der Waals surface area contributed by atoms with Crippen LogP contribution in [-0.2, 0) is 11.3 Å². The van der Waals surface area contributed by atoms with Gasteiger partial charge in [0.05, 0.1) is 16.8 Å². The smallest absolute Gasteiger partial charge is 0.228 e. The van der Waals surface area contributed by atoms with E-state index in [1.807, 2.05) is 19.2 Å². The van der Waals surface area contributed by atoms with E-state index in [0.717, 1.165) is 11.1 Å². The third-order valence-corrected chi connectivity index (χ3v) is 4.49. The summed E-state index contributed by atoms with van der Waals surface area (Å²) in [5.41, 5.74) is 0.708. The third-order valence-electron chi connectivity index (χ3n) is 3.45. The molecule has 0 spiro atoms. The van der Waals surface area contributed by atoms with E-state index in [-0.39, 0.29) is 11.7 Å². The van der Waals surface area contributed by atoms with E-state index in [2.05, 4.69) is 10.1 Å². The lowest BCUT2D eigenvalue weighted by molar-refractivity contribution is -0.118. The Morgan fingerprint density at radius 1 is 1.43 bits per heavy atom. The summed E-state index contributed by atoms with van der Waals surface area (Å²) < 4.78 is 15.9. The van der Waals surface area contributed by atoms with Crippen LogP contribution in [0.25, 0.3) is 10.2 Å². The number of nitrogens with zero attached hydrogens (tertiary/aromatic N) is 4. The Kier molecular flexibility index (Phi) is 4.66. The molecule has 0 aliphatic rings. The van der Waals surface area contributed by atoms with Gasteiger partial charge in [0.2, 0.25) is 5.91 Å². The molecule has 0 unspecified atom stereocenters. The maximum atomic E-state index is 13.3. The molecule has 0 bridgehead atoms. The van der Waals surface area contributed by atoms with E-state index >= 15 is 0 Å². The molecular weight excluding hydrogens is 315 g/mol. The molecule has 23 heavy (non-hydrogen) atoms. The molecule has 0 radical (unpaired) electrons. The third kappa shape index (κ3) is 3.56. The molecule has 2 heterocycles. The monoisotopic (exact) mass is 332 g/mol. The van der Waals surface area contributed by atoms with Crippen LogP contribution in [0.4, 0.5) is 9.52 Å². The average molecular weight is 332 g/mol. The summed E-state index contributed by atoms with van der Waals surface area (Å²) in [6, 6.07) is 6.32. The first-order chi connectivity index (χ1) is 11.2. The quantitative estimate of drug-likeness (QED) is 0.694. The summed E-state index contributed by atoms with van der Waals surface area (Å²) in [6.07, 6.45) is 4.80. The van der Waals surface area contributed by atoms with Gasteiger partial charge in [-0.2, -0.15) is 5.10 Å². The normalized spacial score (nSPS) is 11.0. The Morgan fingerprint density at radius 2 is 2.30 bits per heavy atom. The highest BCUT2D eigenvalue weighted by atomic mass is 32.1. The number of carbonyl (C=O) groups excluding carboxylic acids is 1. The zero-order valence-electron chi connectivity index (χ0n) is 12.8.